The molecule has 0 aromatic carbocycles. The molecular formula is C13H27O4P. The zero-order valence-corrected chi connectivity index (χ0v) is 12.6. The van der Waals surface area contributed by atoms with E-state index in [2.05, 4.69) is 0 Å². The third-order valence-corrected chi connectivity index (χ3v) is 6.18. The summed E-state index contributed by atoms with van der Waals surface area (Å²) < 4.78 is 23.4. The maximum absolute atomic E-state index is 12.8. The van der Waals surface area contributed by atoms with Gasteiger partial charge >= 0.3 is 7.60 Å². The molecule has 4 nitrogen and oxygen atoms in total. The van der Waals surface area contributed by atoms with Gasteiger partial charge < -0.3 is 14.2 Å². The Bertz CT molecular complexity index is 260. The van der Waals surface area contributed by atoms with E-state index in [9.17, 15) is 9.67 Å². The monoisotopic (exact) mass is 278 g/mol. The van der Waals surface area contributed by atoms with Gasteiger partial charge in [0.2, 0.25) is 0 Å². The first-order valence-electron chi connectivity index (χ1n) is 7.19. The van der Waals surface area contributed by atoms with Gasteiger partial charge in [-0.3, -0.25) is 4.57 Å². The topological polar surface area (TPSA) is 55.8 Å². The zero-order valence-electron chi connectivity index (χ0n) is 11.7. The second kappa shape index (κ2) is 7.64. The Morgan fingerprint density at radius 1 is 0.944 bits per heavy atom. The predicted molar refractivity (Wildman–Crippen MR) is 72.7 cm³/mol. The Labute approximate surface area is 111 Å². The third kappa shape index (κ3) is 4.06. The molecule has 108 valence electrons. The number of hydrogen-bond donors (Lipinski definition) is 1. The van der Waals surface area contributed by atoms with Crippen LogP contribution in [-0.2, 0) is 13.6 Å². The number of hydrogen-bond acceptors (Lipinski definition) is 4. The molecule has 1 rings (SSSR count). The second-order valence-corrected chi connectivity index (χ2v) is 7.28. The molecule has 0 bridgehead atoms. The van der Waals surface area contributed by atoms with Crippen molar-refractivity contribution in [1.29, 1.82) is 0 Å². The molecule has 1 N–H and O–H groups in total. The largest absolute Gasteiger partial charge is 0.377 e. The summed E-state index contributed by atoms with van der Waals surface area (Å²) in [7, 11) is -3.42. The summed E-state index contributed by atoms with van der Waals surface area (Å²) in [5.41, 5.74) is 0. The molecule has 0 saturated heterocycles. The lowest BCUT2D eigenvalue weighted by Gasteiger charge is -2.34. The quantitative estimate of drug-likeness (QED) is 0.770. The summed E-state index contributed by atoms with van der Waals surface area (Å²) >= 11 is 0. The van der Waals surface area contributed by atoms with Crippen LogP contribution in [0.3, 0.4) is 0 Å². The van der Waals surface area contributed by atoms with E-state index in [4.69, 9.17) is 9.05 Å². The van der Waals surface area contributed by atoms with Crippen LogP contribution >= 0.6 is 7.60 Å². The SMILES string of the molecule is CCOP(=O)(OCC)C1(O)CCCCCCCC1. The predicted octanol–water partition coefficient (Wildman–Crippen LogP) is 4.08. The highest BCUT2D eigenvalue weighted by Crippen LogP contribution is 2.62. The highest BCUT2D eigenvalue weighted by Gasteiger charge is 2.48. The van der Waals surface area contributed by atoms with Crippen LogP contribution in [0.4, 0.5) is 0 Å². The lowest BCUT2D eigenvalue weighted by molar-refractivity contribution is 0.0506. The first kappa shape index (κ1) is 16.2. The molecule has 1 saturated carbocycles. The van der Waals surface area contributed by atoms with E-state index in [0.29, 0.717) is 26.1 Å². The van der Waals surface area contributed by atoms with E-state index in [-0.39, 0.29) is 0 Å². The van der Waals surface area contributed by atoms with Crippen molar-refractivity contribution >= 4 is 7.60 Å². The molecule has 5 heteroatoms. The van der Waals surface area contributed by atoms with Gasteiger partial charge in [-0.05, 0) is 39.5 Å². The van der Waals surface area contributed by atoms with Gasteiger partial charge in [-0.2, -0.15) is 0 Å². The number of rotatable bonds is 5. The average molecular weight is 278 g/mol. The van der Waals surface area contributed by atoms with Crippen molar-refractivity contribution in [2.45, 2.75) is 70.6 Å². The van der Waals surface area contributed by atoms with E-state index < -0.39 is 12.9 Å². The molecule has 18 heavy (non-hydrogen) atoms. The average Bonchev–Trinajstić information content (AvgIpc) is 2.43. The maximum atomic E-state index is 12.8. The Morgan fingerprint density at radius 3 is 1.72 bits per heavy atom. The van der Waals surface area contributed by atoms with Gasteiger partial charge in [0.15, 0.2) is 5.34 Å². The molecule has 1 aliphatic rings. The van der Waals surface area contributed by atoms with E-state index in [1.54, 1.807) is 13.8 Å². The molecule has 0 aromatic rings. The molecule has 0 aromatic heterocycles. The minimum atomic E-state index is -3.42. The van der Waals surface area contributed by atoms with Crippen molar-refractivity contribution in [3.63, 3.8) is 0 Å². The van der Waals surface area contributed by atoms with E-state index in [1.807, 2.05) is 0 Å². The summed E-state index contributed by atoms with van der Waals surface area (Å²) in [5.74, 6) is 0. The van der Waals surface area contributed by atoms with Crippen molar-refractivity contribution in [3.8, 4) is 0 Å². The molecule has 0 radical (unpaired) electrons. The minimum Gasteiger partial charge on any atom is -0.377 e. The normalized spacial score (nSPS) is 21.9. The van der Waals surface area contributed by atoms with Crippen LogP contribution in [0, 0.1) is 0 Å². The Kier molecular flexibility index (Phi) is 6.86. The fourth-order valence-corrected chi connectivity index (χ4v) is 4.64. The highest BCUT2D eigenvalue weighted by atomic mass is 31.2. The van der Waals surface area contributed by atoms with Gasteiger partial charge in [0.25, 0.3) is 0 Å². The lowest BCUT2D eigenvalue weighted by Crippen LogP contribution is -2.31. The van der Waals surface area contributed by atoms with Gasteiger partial charge in [-0.25, -0.2) is 0 Å². The smallest absolute Gasteiger partial charge is 0.361 e. The molecule has 0 heterocycles. The highest BCUT2D eigenvalue weighted by molar-refractivity contribution is 7.55. The van der Waals surface area contributed by atoms with Crippen molar-refractivity contribution < 1.29 is 18.7 Å². The molecule has 0 unspecified atom stereocenters. The fraction of sp³-hybridized carbons (Fsp3) is 1.00. The lowest BCUT2D eigenvalue weighted by atomic mass is 10.1. The molecule has 1 aliphatic carbocycles. The van der Waals surface area contributed by atoms with Crippen molar-refractivity contribution in [1.82, 2.24) is 0 Å². The summed E-state index contributed by atoms with van der Waals surface area (Å²) in [6, 6.07) is 0. The van der Waals surface area contributed by atoms with E-state index in [0.717, 1.165) is 25.7 Å². The summed E-state index contributed by atoms with van der Waals surface area (Å²) in [6.07, 6.45) is 7.38. The Hall–Kier alpha value is 0.110. The van der Waals surface area contributed by atoms with Crippen LogP contribution in [-0.4, -0.2) is 23.7 Å². The van der Waals surface area contributed by atoms with Gasteiger partial charge in [-0.1, -0.05) is 25.7 Å². The van der Waals surface area contributed by atoms with Gasteiger partial charge in [0, 0.05) is 0 Å². The summed E-state index contributed by atoms with van der Waals surface area (Å²) in [6.45, 7) is 4.17. The van der Waals surface area contributed by atoms with Gasteiger partial charge in [-0.15, -0.1) is 0 Å². The standard InChI is InChI=1S/C13H27O4P/c1-3-16-18(15,17-4-2)13(14)11-9-7-5-6-8-10-12-13/h14H,3-12H2,1-2H3. The van der Waals surface area contributed by atoms with Crippen LogP contribution in [0.15, 0.2) is 0 Å². The molecule has 1 fully saturated rings. The van der Waals surface area contributed by atoms with E-state index >= 15 is 0 Å². The molecular weight excluding hydrogens is 251 g/mol. The summed E-state index contributed by atoms with van der Waals surface area (Å²) in [4.78, 5) is 0. The molecule has 0 atom stereocenters. The van der Waals surface area contributed by atoms with Gasteiger partial charge in [0.1, 0.15) is 0 Å². The second-order valence-electron chi connectivity index (χ2n) is 4.94. The fourth-order valence-electron chi connectivity index (χ4n) is 2.54. The third-order valence-electron chi connectivity index (χ3n) is 3.51. The van der Waals surface area contributed by atoms with Crippen LogP contribution in [0.1, 0.15) is 65.2 Å². The molecule has 0 aliphatic heterocycles. The van der Waals surface area contributed by atoms with Crippen LogP contribution in [0.2, 0.25) is 0 Å². The Morgan fingerprint density at radius 2 is 1.33 bits per heavy atom. The first-order chi connectivity index (χ1) is 8.58. The minimum absolute atomic E-state index is 0.305. The van der Waals surface area contributed by atoms with Crippen LogP contribution < -0.4 is 0 Å². The van der Waals surface area contributed by atoms with Crippen molar-refractivity contribution in [2.75, 3.05) is 13.2 Å². The zero-order chi connectivity index (χ0) is 13.5. The summed E-state index contributed by atoms with van der Waals surface area (Å²) in [5, 5.41) is 9.48. The maximum Gasteiger partial charge on any atom is 0.361 e. The first-order valence-corrected chi connectivity index (χ1v) is 8.74. The van der Waals surface area contributed by atoms with Crippen LogP contribution in [0.25, 0.3) is 0 Å². The van der Waals surface area contributed by atoms with Gasteiger partial charge in [0.05, 0.1) is 13.2 Å². The van der Waals surface area contributed by atoms with Crippen LogP contribution in [0.5, 0.6) is 0 Å². The van der Waals surface area contributed by atoms with Crippen molar-refractivity contribution in [2.24, 2.45) is 0 Å². The molecule has 0 spiro atoms. The molecule has 0 amide bonds. The number of aliphatic hydroxyl groups is 1. The van der Waals surface area contributed by atoms with E-state index in [1.165, 1.54) is 12.8 Å². The van der Waals surface area contributed by atoms with Crippen molar-refractivity contribution in [3.05, 3.63) is 0 Å². The Balaban J connectivity index is 2.84.